The Morgan fingerprint density at radius 2 is 1.71 bits per heavy atom. The number of halogens is 6. The highest BCUT2D eigenvalue weighted by Gasteiger charge is 2.48. The molecule has 0 aliphatic rings. The van der Waals surface area contributed by atoms with Gasteiger partial charge in [0.05, 0.1) is 5.56 Å². The van der Waals surface area contributed by atoms with Gasteiger partial charge in [-0.25, -0.2) is 4.79 Å². The summed E-state index contributed by atoms with van der Waals surface area (Å²) in [4.78, 5) is 11.4. The third-order valence-corrected chi connectivity index (χ3v) is 3.43. The number of likely N-dealkylation sites (N-methyl/N-ethyl adjacent to an activating group) is 1. The second kappa shape index (κ2) is 6.58. The summed E-state index contributed by atoms with van der Waals surface area (Å²) < 4.78 is 104. The summed E-state index contributed by atoms with van der Waals surface area (Å²) in [5.41, 5.74) is -5.48. The predicted molar refractivity (Wildman–Crippen MR) is 77.2 cm³/mol. The Kier molecular flexibility index (Phi) is 4.30. The molecule has 24 heavy (non-hydrogen) atoms. The maximum absolute atomic E-state index is 13.0. The van der Waals surface area contributed by atoms with E-state index in [0.717, 1.165) is 31.1 Å². The molecule has 0 saturated heterocycles. The van der Waals surface area contributed by atoms with E-state index in [0.29, 0.717) is 6.07 Å². The van der Waals surface area contributed by atoms with Crippen molar-refractivity contribution in [3.8, 4) is 0 Å². The Balaban J connectivity index is 3.82. The van der Waals surface area contributed by atoms with E-state index in [4.69, 9.17) is 16.3 Å². The van der Waals surface area contributed by atoms with Crippen LogP contribution in [0, 0.1) is 0 Å². The summed E-state index contributed by atoms with van der Waals surface area (Å²) >= 11 is 4.86. The highest BCUT2D eigenvalue weighted by atomic mass is 32.1. The Labute approximate surface area is 143 Å². The molecule has 0 fully saturated rings. The lowest BCUT2D eigenvalue weighted by molar-refractivity contribution is -0.208. The van der Waals surface area contributed by atoms with Crippen molar-refractivity contribution in [2.75, 3.05) is 14.1 Å². The van der Waals surface area contributed by atoms with E-state index >= 15 is 0 Å². The quantitative estimate of drug-likeness (QED) is 0.454. The lowest BCUT2D eigenvalue weighted by Gasteiger charge is -2.34. The molecular weight excluding hydrogens is 360 g/mol. The van der Waals surface area contributed by atoms with Gasteiger partial charge >= 0.3 is 18.3 Å². The fourth-order valence-electron chi connectivity index (χ4n) is 1.65. The molecular formula is C14H13F6NO2S. The number of carbonyl (C=O) groups is 1. The van der Waals surface area contributed by atoms with Crippen LogP contribution in [0.1, 0.15) is 22.1 Å². The van der Waals surface area contributed by atoms with Crippen LogP contribution < -0.4 is 0 Å². The fourth-order valence-corrected chi connectivity index (χ4v) is 1.81. The lowest BCUT2D eigenvalue weighted by Crippen LogP contribution is -2.46. The van der Waals surface area contributed by atoms with Crippen LogP contribution in [0.4, 0.5) is 26.3 Å². The Bertz CT molecular complexity index is 733. The third-order valence-electron chi connectivity index (χ3n) is 2.78. The number of carbonyl (C=O) groups excluding carboxylic acids is 1. The summed E-state index contributed by atoms with van der Waals surface area (Å²) in [5.74, 6) is -2.90. The van der Waals surface area contributed by atoms with Gasteiger partial charge in [0, 0.05) is 23.8 Å². The van der Waals surface area contributed by atoms with Crippen LogP contribution in [-0.4, -0.2) is 36.1 Å². The van der Waals surface area contributed by atoms with Gasteiger partial charge in [-0.2, -0.15) is 26.3 Å². The molecule has 0 N–H and O–H groups in total. The molecule has 0 bridgehead atoms. The molecule has 1 atom stereocenters. The number of thiocarbonyl (C=S) groups is 1. The molecule has 1 aromatic carbocycles. The van der Waals surface area contributed by atoms with Gasteiger partial charge < -0.3 is 9.64 Å². The van der Waals surface area contributed by atoms with E-state index in [1.165, 1.54) is 0 Å². The van der Waals surface area contributed by atoms with Gasteiger partial charge in [0.2, 0.25) is 0 Å². The lowest BCUT2D eigenvalue weighted by atomic mass is 9.93. The minimum atomic E-state index is -5.60. The van der Waals surface area contributed by atoms with E-state index in [-0.39, 0.29) is 6.07 Å². The maximum atomic E-state index is 13.0. The molecule has 0 aliphatic heterocycles. The number of alkyl halides is 6. The molecule has 1 rings (SSSR count). The van der Waals surface area contributed by atoms with E-state index in [1.807, 2.05) is 0 Å². The maximum Gasteiger partial charge on any atom is 0.490 e. The van der Waals surface area contributed by atoms with Gasteiger partial charge in [-0.15, -0.1) is 0 Å². The number of ether oxygens (including phenoxy) is 1. The number of rotatable bonds is 3. The largest absolute Gasteiger partial charge is 0.490 e. The smallest absolute Gasteiger partial charge is 0.440 e. The first-order chi connectivity index (χ1) is 11.9. The molecule has 0 aromatic heterocycles. The Hall–Kier alpha value is -1.84. The van der Waals surface area contributed by atoms with Crippen molar-refractivity contribution in [1.82, 2.24) is 4.90 Å². The zero-order valence-corrected chi connectivity index (χ0v) is 13.1. The summed E-state index contributed by atoms with van der Waals surface area (Å²) in [6.07, 6.45) is -10.5. The molecule has 1 aromatic rings. The predicted octanol–water partition coefficient (Wildman–Crippen LogP) is 3.92. The van der Waals surface area contributed by atoms with E-state index in [9.17, 15) is 31.1 Å². The number of hydrogen-bond donors (Lipinski definition) is 0. The van der Waals surface area contributed by atoms with E-state index in [1.54, 1.807) is 0 Å². The third kappa shape index (κ3) is 4.37. The molecule has 0 amide bonds. The summed E-state index contributed by atoms with van der Waals surface area (Å²) in [6.45, 7) is -3.56. The van der Waals surface area contributed by atoms with Gasteiger partial charge in [0.1, 0.15) is 4.99 Å². The van der Waals surface area contributed by atoms with Crippen molar-refractivity contribution >= 4 is 23.2 Å². The number of nitrogens with zero attached hydrogens (tertiary/aromatic N) is 1. The standard InChI is InChI=1S/C14H13F6NO2S/c1-12(10(24)21(2)3,23-11(22)14(18,19)20)8-5-4-6-9(7-8)13(15,16)17/h4-7H,1-3H3/i1D3. The molecule has 0 saturated carbocycles. The second-order valence-corrected chi connectivity index (χ2v) is 5.23. The SMILES string of the molecule is [2H]C([2H])([2H])C(OC(=O)C(F)(F)F)(C(=S)N(C)C)c1cccc(C(F)(F)F)c1. The van der Waals surface area contributed by atoms with Gasteiger partial charge in [0.15, 0.2) is 5.60 Å². The molecule has 134 valence electrons. The van der Waals surface area contributed by atoms with E-state index in [2.05, 4.69) is 4.74 Å². The zero-order chi connectivity index (χ0) is 21.4. The number of hydrogen-bond acceptors (Lipinski definition) is 3. The van der Waals surface area contributed by atoms with Crippen molar-refractivity contribution in [3.63, 3.8) is 0 Å². The van der Waals surface area contributed by atoms with Crippen LogP contribution >= 0.6 is 12.2 Å². The second-order valence-electron chi connectivity index (χ2n) is 4.85. The van der Waals surface area contributed by atoms with Crippen LogP contribution in [-0.2, 0) is 21.3 Å². The minimum absolute atomic E-state index is 0.284. The van der Waals surface area contributed by atoms with Crippen LogP contribution in [0.5, 0.6) is 0 Å². The first-order valence-electron chi connectivity index (χ1n) is 7.64. The summed E-state index contributed by atoms with van der Waals surface area (Å²) in [5, 5.41) is 0. The van der Waals surface area contributed by atoms with Crippen molar-refractivity contribution in [1.29, 1.82) is 0 Å². The average molecular weight is 376 g/mol. The topological polar surface area (TPSA) is 29.5 Å². The van der Waals surface area contributed by atoms with Gasteiger partial charge in [-0.05, 0) is 19.0 Å². The minimum Gasteiger partial charge on any atom is -0.440 e. The van der Waals surface area contributed by atoms with Crippen LogP contribution in [0.15, 0.2) is 24.3 Å². The van der Waals surface area contributed by atoms with Crippen LogP contribution in [0.25, 0.3) is 0 Å². The summed E-state index contributed by atoms with van der Waals surface area (Å²) in [6, 6.07) is 2.43. The van der Waals surface area contributed by atoms with E-state index < -0.39 is 46.9 Å². The molecule has 10 heteroatoms. The first-order valence-corrected chi connectivity index (χ1v) is 6.55. The molecule has 0 heterocycles. The Morgan fingerprint density at radius 3 is 2.12 bits per heavy atom. The van der Waals surface area contributed by atoms with Gasteiger partial charge in [-0.1, -0.05) is 24.4 Å². The molecule has 0 spiro atoms. The van der Waals surface area contributed by atoms with Crippen LogP contribution in [0.3, 0.4) is 0 Å². The van der Waals surface area contributed by atoms with Gasteiger partial charge in [-0.3, -0.25) is 0 Å². The van der Waals surface area contributed by atoms with Gasteiger partial charge in [0.25, 0.3) is 0 Å². The normalized spacial score (nSPS) is 17.1. The zero-order valence-electron chi connectivity index (χ0n) is 15.2. The average Bonchev–Trinajstić information content (AvgIpc) is 2.48. The number of esters is 1. The Morgan fingerprint density at radius 1 is 1.17 bits per heavy atom. The van der Waals surface area contributed by atoms with Crippen molar-refractivity contribution < 1.29 is 40.0 Å². The van der Waals surface area contributed by atoms with Crippen LogP contribution in [0.2, 0.25) is 0 Å². The monoisotopic (exact) mass is 376 g/mol. The molecule has 0 radical (unpaired) electrons. The highest BCUT2D eigenvalue weighted by molar-refractivity contribution is 7.80. The first kappa shape index (κ1) is 15.7. The summed E-state index contributed by atoms with van der Waals surface area (Å²) in [7, 11) is 2.30. The fraction of sp³-hybridized carbons (Fsp3) is 0.429. The molecule has 0 aliphatic carbocycles. The van der Waals surface area contributed by atoms with Crippen molar-refractivity contribution in [3.05, 3.63) is 35.4 Å². The molecule has 3 nitrogen and oxygen atoms in total. The molecule has 1 unspecified atom stereocenters. The van der Waals surface area contributed by atoms with Crippen molar-refractivity contribution in [2.24, 2.45) is 0 Å². The highest BCUT2D eigenvalue weighted by Crippen LogP contribution is 2.36. The number of benzene rings is 1. The van der Waals surface area contributed by atoms with Crippen molar-refractivity contribution in [2.45, 2.75) is 24.8 Å².